The molecule has 0 atom stereocenters. The summed E-state index contributed by atoms with van der Waals surface area (Å²) < 4.78 is 20.7. The highest BCUT2D eigenvalue weighted by Crippen LogP contribution is 2.39. The molecule has 1 heterocycles. The Hall–Kier alpha value is -3.20. The molecule has 2 aliphatic rings. The van der Waals surface area contributed by atoms with Gasteiger partial charge in [0.2, 0.25) is 5.75 Å². The molecule has 0 unspecified atom stereocenters. The Morgan fingerprint density at radius 2 is 1.76 bits per heavy atom. The molecule has 1 fully saturated rings. The highest BCUT2D eigenvalue weighted by molar-refractivity contribution is 8.04. The van der Waals surface area contributed by atoms with Gasteiger partial charge in [0.15, 0.2) is 11.5 Å². The topological polar surface area (TPSA) is 91.4 Å². The van der Waals surface area contributed by atoms with Gasteiger partial charge in [-0.3, -0.25) is 19.3 Å². The van der Waals surface area contributed by atoms with Crippen molar-refractivity contribution < 1.29 is 33.3 Å². The van der Waals surface area contributed by atoms with Gasteiger partial charge in [-0.2, -0.15) is 0 Å². The van der Waals surface area contributed by atoms with E-state index < -0.39 is 5.91 Å². The summed E-state index contributed by atoms with van der Waals surface area (Å²) in [4.78, 5) is 39.7. The van der Waals surface area contributed by atoms with Gasteiger partial charge in [-0.1, -0.05) is 12.2 Å². The van der Waals surface area contributed by atoms with Gasteiger partial charge in [-0.05, 0) is 49.0 Å². The lowest BCUT2D eigenvalue weighted by Crippen LogP contribution is -2.40. The summed E-state index contributed by atoms with van der Waals surface area (Å²) in [6.45, 7) is 0.291. The first-order chi connectivity index (χ1) is 16.4. The number of benzene rings is 1. The summed E-state index contributed by atoms with van der Waals surface area (Å²) in [5, 5.41) is 0. The molecule has 34 heavy (non-hydrogen) atoms. The number of imide groups is 1. The Bertz CT molecular complexity index is 1010. The highest BCUT2D eigenvalue weighted by atomic mass is 32.2. The third-order valence-electron chi connectivity index (χ3n) is 5.40. The van der Waals surface area contributed by atoms with Gasteiger partial charge in [0, 0.05) is 23.1 Å². The summed E-state index contributed by atoms with van der Waals surface area (Å²) in [7, 11) is 5.88. The van der Waals surface area contributed by atoms with Crippen LogP contribution in [0, 0.1) is 5.92 Å². The van der Waals surface area contributed by atoms with Crippen LogP contribution in [0.3, 0.4) is 0 Å². The second kappa shape index (κ2) is 11.8. The number of thioether (sulfide) groups is 1. The molecule has 0 aromatic heterocycles. The van der Waals surface area contributed by atoms with Crippen LogP contribution in [0.2, 0.25) is 0 Å². The average Bonchev–Trinajstić information content (AvgIpc) is 3.68. The monoisotopic (exact) mass is 487 g/mol. The van der Waals surface area contributed by atoms with E-state index in [-0.39, 0.29) is 17.6 Å². The number of hydrogen-bond acceptors (Lipinski definition) is 8. The summed E-state index contributed by atoms with van der Waals surface area (Å²) in [6.07, 6.45) is 9.49. The molecule has 3 rings (SSSR count). The van der Waals surface area contributed by atoms with E-state index in [2.05, 4.69) is 0 Å². The van der Waals surface area contributed by atoms with E-state index >= 15 is 0 Å². The zero-order valence-electron chi connectivity index (χ0n) is 19.8. The molecule has 8 nitrogen and oxygen atoms in total. The molecule has 1 aromatic carbocycles. The van der Waals surface area contributed by atoms with Crippen LogP contribution in [0.1, 0.15) is 24.8 Å². The largest absolute Gasteiger partial charge is 0.493 e. The Morgan fingerprint density at radius 3 is 2.32 bits per heavy atom. The summed E-state index contributed by atoms with van der Waals surface area (Å²) in [5.74, 6) is 0.736. The Labute approximate surface area is 203 Å². The van der Waals surface area contributed by atoms with E-state index in [9.17, 15) is 14.4 Å². The zero-order chi connectivity index (χ0) is 24.7. The zero-order valence-corrected chi connectivity index (χ0v) is 20.6. The summed E-state index contributed by atoms with van der Waals surface area (Å²) >= 11 is 1.27. The summed E-state index contributed by atoms with van der Waals surface area (Å²) in [6, 6.07) is 3.43. The van der Waals surface area contributed by atoms with Crippen molar-refractivity contribution in [3.05, 3.63) is 46.4 Å². The van der Waals surface area contributed by atoms with Crippen molar-refractivity contribution in [2.75, 3.05) is 40.7 Å². The van der Waals surface area contributed by atoms with Crippen molar-refractivity contribution in [2.45, 2.75) is 19.3 Å². The molecular formula is C25H29NO7S. The maximum Gasteiger partial charge on any atom is 0.315 e. The first-order valence-electron chi connectivity index (χ1n) is 10.9. The number of esters is 1. The molecule has 2 amide bonds. The predicted octanol–water partition coefficient (Wildman–Crippen LogP) is 3.61. The molecule has 1 aliphatic heterocycles. The quantitative estimate of drug-likeness (QED) is 0.365. The molecule has 1 aromatic rings. The van der Waals surface area contributed by atoms with Crippen molar-refractivity contribution in [3.8, 4) is 17.2 Å². The van der Waals surface area contributed by atoms with Crippen molar-refractivity contribution in [1.29, 1.82) is 0 Å². The van der Waals surface area contributed by atoms with Gasteiger partial charge in [0.1, 0.15) is 0 Å². The fraction of sp³-hybridized carbons (Fsp3) is 0.400. The van der Waals surface area contributed by atoms with E-state index in [1.54, 1.807) is 18.2 Å². The Balaban J connectivity index is 1.77. The number of ether oxygens (including phenoxy) is 4. The molecule has 0 spiro atoms. The van der Waals surface area contributed by atoms with Gasteiger partial charge in [0.05, 0.1) is 34.2 Å². The highest BCUT2D eigenvalue weighted by Gasteiger charge is 2.30. The minimum absolute atomic E-state index is 0.106. The average molecular weight is 488 g/mol. The van der Waals surface area contributed by atoms with Crippen LogP contribution in [0.5, 0.6) is 17.2 Å². The lowest BCUT2D eigenvalue weighted by molar-refractivity contribution is -0.140. The third kappa shape index (κ3) is 6.22. The second-order valence-electron chi connectivity index (χ2n) is 7.73. The normalized spacial score (nSPS) is 16.4. The van der Waals surface area contributed by atoms with Crippen LogP contribution >= 0.6 is 11.8 Å². The SMILES string of the molecule is COC(=O)CSC(=CC1CC1)C1=CCCN(C(=O)/C=C/c2cc(OC)c(OC)c(OC)c2)C1=O. The fourth-order valence-electron chi connectivity index (χ4n) is 3.43. The van der Waals surface area contributed by atoms with Crippen molar-refractivity contribution in [1.82, 2.24) is 4.90 Å². The van der Waals surface area contributed by atoms with Crippen molar-refractivity contribution in [2.24, 2.45) is 5.92 Å². The van der Waals surface area contributed by atoms with E-state index in [0.717, 1.165) is 17.7 Å². The van der Waals surface area contributed by atoms with Crippen molar-refractivity contribution in [3.63, 3.8) is 0 Å². The maximum atomic E-state index is 13.2. The van der Waals surface area contributed by atoms with Crippen LogP contribution in [0.25, 0.3) is 6.08 Å². The minimum Gasteiger partial charge on any atom is -0.493 e. The number of carbonyl (C=O) groups excluding carboxylic acids is 3. The number of amides is 2. The van der Waals surface area contributed by atoms with Gasteiger partial charge >= 0.3 is 5.97 Å². The van der Waals surface area contributed by atoms with Crippen LogP contribution in [0.4, 0.5) is 0 Å². The van der Waals surface area contributed by atoms with E-state index in [0.29, 0.717) is 47.3 Å². The maximum absolute atomic E-state index is 13.2. The van der Waals surface area contributed by atoms with Gasteiger partial charge < -0.3 is 18.9 Å². The van der Waals surface area contributed by atoms with E-state index in [1.807, 2.05) is 12.2 Å². The fourth-order valence-corrected chi connectivity index (χ4v) is 4.44. The van der Waals surface area contributed by atoms with Gasteiger partial charge in [0.25, 0.3) is 11.8 Å². The van der Waals surface area contributed by atoms with Gasteiger partial charge in [-0.15, -0.1) is 11.8 Å². The molecule has 0 saturated heterocycles. The number of rotatable bonds is 10. The number of allylic oxidation sites excluding steroid dienone is 1. The molecule has 9 heteroatoms. The van der Waals surface area contributed by atoms with Gasteiger partial charge in [-0.25, -0.2) is 0 Å². The van der Waals surface area contributed by atoms with Crippen LogP contribution in [-0.2, 0) is 19.1 Å². The molecular weight excluding hydrogens is 458 g/mol. The lowest BCUT2D eigenvalue weighted by Gasteiger charge is -2.25. The number of carbonyl (C=O) groups is 3. The van der Waals surface area contributed by atoms with Crippen LogP contribution in [-0.4, -0.2) is 63.4 Å². The minimum atomic E-state index is -0.423. The van der Waals surface area contributed by atoms with Crippen LogP contribution in [0.15, 0.2) is 40.8 Å². The lowest BCUT2D eigenvalue weighted by atomic mass is 10.1. The first-order valence-corrected chi connectivity index (χ1v) is 11.9. The standard InChI is InChI=1S/C25H29NO7S/c1-30-19-12-17(13-20(31-2)24(19)33-4)9-10-22(27)26-11-5-6-18(25(26)29)21(14-16-7-8-16)34-15-23(28)32-3/h6,9-10,12-14,16H,5,7-8,11,15H2,1-4H3/b10-9+,21-14?. The molecule has 0 radical (unpaired) electrons. The van der Waals surface area contributed by atoms with E-state index in [1.165, 1.54) is 51.2 Å². The number of nitrogens with zero attached hydrogens (tertiary/aromatic N) is 1. The smallest absolute Gasteiger partial charge is 0.315 e. The first kappa shape index (κ1) is 25.4. The second-order valence-corrected chi connectivity index (χ2v) is 8.74. The van der Waals surface area contributed by atoms with Crippen LogP contribution < -0.4 is 14.2 Å². The van der Waals surface area contributed by atoms with E-state index in [4.69, 9.17) is 18.9 Å². The number of methoxy groups -OCH3 is 4. The summed E-state index contributed by atoms with van der Waals surface area (Å²) in [5.41, 5.74) is 1.12. The number of hydrogen-bond donors (Lipinski definition) is 0. The Morgan fingerprint density at radius 1 is 1.09 bits per heavy atom. The predicted molar refractivity (Wildman–Crippen MR) is 130 cm³/mol. The molecule has 1 saturated carbocycles. The molecule has 0 bridgehead atoms. The van der Waals surface area contributed by atoms with Crippen molar-refractivity contribution >= 4 is 35.6 Å². The molecule has 1 aliphatic carbocycles. The molecule has 182 valence electrons. The Kier molecular flexibility index (Phi) is 8.81. The molecule has 0 N–H and O–H groups in total. The third-order valence-corrected chi connectivity index (χ3v) is 6.44.